The third-order valence-electron chi connectivity index (χ3n) is 6.54. The van der Waals surface area contributed by atoms with Gasteiger partial charge < -0.3 is 20.4 Å². The minimum atomic E-state index is -0.0734. The van der Waals surface area contributed by atoms with Crippen LogP contribution >= 0.6 is 0 Å². The Morgan fingerprint density at radius 1 is 1.14 bits per heavy atom. The molecular weight excluding hydrogens is 452 g/mol. The average Bonchev–Trinajstić information content (AvgIpc) is 3.53. The quantitative estimate of drug-likeness (QED) is 0.393. The summed E-state index contributed by atoms with van der Waals surface area (Å²) in [4.78, 5) is 26.1. The topological polar surface area (TPSA) is 90.7 Å². The first-order valence-corrected chi connectivity index (χ1v) is 12.4. The number of aromatic nitrogens is 4. The van der Waals surface area contributed by atoms with Crippen LogP contribution in [0, 0.1) is 0 Å². The van der Waals surface area contributed by atoms with Crippen LogP contribution in [0.3, 0.4) is 0 Å². The number of benzene rings is 1. The smallest absolute Gasteiger partial charge is 0.251 e. The van der Waals surface area contributed by atoms with E-state index in [2.05, 4.69) is 38.6 Å². The number of hydrogen-bond acceptors (Lipinski definition) is 7. The monoisotopic (exact) mass is 484 g/mol. The van der Waals surface area contributed by atoms with Crippen molar-refractivity contribution in [3.63, 3.8) is 0 Å². The first-order chi connectivity index (χ1) is 17.5. The Bertz CT molecular complexity index is 1350. The molecule has 5 rings (SSSR count). The Balaban J connectivity index is 1.38. The van der Waals surface area contributed by atoms with Crippen LogP contribution in [0.2, 0.25) is 0 Å². The van der Waals surface area contributed by atoms with Gasteiger partial charge in [-0.1, -0.05) is 18.2 Å². The highest BCUT2D eigenvalue weighted by Gasteiger charge is 2.21. The van der Waals surface area contributed by atoms with Crippen LogP contribution in [0.5, 0.6) is 0 Å². The molecule has 1 atom stereocenters. The summed E-state index contributed by atoms with van der Waals surface area (Å²) in [5.74, 6) is 1.67. The highest BCUT2D eigenvalue weighted by molar-refractivity contribution is 5.94. The Hall–Kier alpha value is -3.98. The van der Waals surface area contributed by atoms with Gasteiger partial charge in [0.15, 0.2) is 5.65 Å². The number of nitrogens with one attached hydrogen (secondary N) is 2. The molecule has 1 unspecified atom stereocenters. The van der Waals surface area contributed by atoms with E-state index in [0.717, 1.165) is 47.2 Å². The van der Waals surface area contributed by atoms with Crippen molar-refractivity contribution in [1.82, 2.24) is 29.8 Å². The molecule has 1 aliphatic rings. The van der Waals surface area contributed by atoms with Gasteiger partial charge in [0.25, 0.3) is 5.91 Å². The van der Waals surface area contributed by atoms with Crippen molar-refractivity contribution in [2.24, 2.45) is 0 Å². The lowest BCUT2D eigenvalue weighted by molar-refractivity contribution is 0.0951. The van der Waals surface area contributed by atoms with Gasteiger partial charge in [0.05, 0.1) is 5.69 Å². The first-order valence-electron chi connectivity index (χ1n) is 12.4. The van der Waals surface area contributed by atoms with Crippen molar-refractivity contribution in [2.75, 3.05) is 43.9 Å². The fraction of sp³-hybridized carbons (Fsp3) is 0.333. The van der Waals surface area contributed by atoms with Crippen LogP contribution in [0.15, 0.2) is 61.1 Å². The summed E-state index contributed by atoms with van der Waals surface area (Å²) in [5, 5.41) is 10.8. The van der Waals surface area contributed by atoms with Gasteiger partial charge in [-0.3, -0.25) is 4.79 Å². The number of rotatable bonds is 8. The second-order valence-corrected chi connectivity index (χ2v) is 9.50. The lowest BCUT2D eigenvalue weighted by Crippen LogP contribution is -2.31. The van der Waals surface area contributed by atoms with E-state index in [4.69, 9.17) is 4.98 Å². The molecule has 186 valence electrons. The number of hydrogen-bond donors (Lipinski definition) is 2. The molecule has 0 saturated carbocycles. The van der Waals surface area contributed by atoms with E-state index >= 15 is 0 Å². The number of nitrogens with zero attached hydrogens (tertiary/aromatic N) is 6. The molecule has 1 amide bonds. The van der Waals surface area contributed by atoms with Crippen LogP contribution in [-0.4, -0.2) is 70.2 Å². The summed E-state index contributed by atoms with van der Waals surface area (Å²) in [6.07, 6.45) is 5.87. The van der Waals surface area contributed by atoms with Gasteiger partial charge in [0, 0.05) is 43.0 Å². The molecule has 1 saturated heterocycles. The van der Waals surface area contributed by atoms with Crippen LogP contribution in [0.25, 0.3) is 16.8 Å². The molecule has 36 heavy (non-hydrogen) atoms. The molecular formula is C27H32N8O. The minimum Gasteiger partial charge on any atom is -0.354 e. The number of anilines is 3. The van der Waals surface area contributed by atoms with Crippen molar-refractivity contribution in [3.05, 3.63) is 66.6 Å². The third kappa shape index (κ3) is 5.16. The molecule has 4 aromatic rings. The van der Waals surface area contributed by atoms with Gasteiger partial charge in [-0.15, -0.1) is 0 Å². The van der Waals surface area contributed by atoms with Gasteiger partial charge in [-0.2, -0.15) is 5.10 Å². The van der Waals surface area contributed by atoms with Gasteiger partial charge in [0.2, 0.25) is 0 Å². The second-order valence-electron chi connectivity index (χ2n) is 9.50. The fourth-order valence-electron chi connectivity index (χ4n) is 4.55. The van der Waals surface area contributed by atoms with Crippen molar-refractivity contribution in [3.8, 4) is 11.1 Å². The number of carbonyl (C=O) groups excluding carboxylic acids is 1. The lowest BCUT2D eigenvalue weighted by atomic mass is 10.0. The number of likely N-dealkylation sites (N-methyl/N-ethyl adjacent to an activating group) is 1. The van der Waals surface area contributed by atoms with E-state index in [1.165, 1.54) is 12.8 Å². The summed E-state index contributed by atoms with van der Waals surface area (Å²) in [6, 6.07) is 16.2. The van der Waals surface area contributed by atoms with Crippen molar-refractivity contribution < 1.29 is 4.79 Å². The highest BCUT2D eigenvalue weighted by atomic mass is 16.1. The third-order valence-corrected chi connectivity index (χ3v) is 6.54. The molecule has 0 radical (unpaired) electrons. The van der Waals surface area contributed by atoms with E-state index in [9.17, 15) is 4.79 Å². The van der Waals surface area contributed by atoms with Gasteiger partial charge in [0.1, 0.15) is 18.0 Å². The van der Waals surface area contributed by atoms with Crippen LogP contribution in [0.4, 0.5) is 17.3 Å². The first kappa shape index (κ1) is 23.7. The number of carbonyl (C=O) groups is 1. The van der Waals surface area contributed by atoms with Gasteiger partial charge in [-0.05, 0) is 69.8 Å². The summed E-state index contributed by atoms with van der Waals surface area (Å²) in [5.41, 5.74) is 4.11. The zero-order valence-electron chi connectivity index (χ0n) is 21.0. The Kier molecular flexibility index (Phi) is 6.81. The van der Waals surface area contributed by atoms with Crippen molar-refractivity contribution in [2.45, 2.75) is 25.8 Å². The predicted octanol–water partition coefficient (Wildman–Crippen LogP) is 3.82. The average molecular weight is 485 g/mol. The van der Waals surface area contributed by atoms with E-state index in [-0.39, 0.29) is 5.91 Å². The van der Waals surface area contributed by atoms with E-state index < -0.39 is 0 Å². The zero-order chi connectivity index (χ0) is 25.1. The maximum absolute atomic E-state index is 12.4. The van der Waals surface area contributed by atoms with Crippen molar-refractivity contribution in [1.29, 1.82) is 0 Å². The van der Waals surface area contributed by atoms with E-state index in [1.807, 2.05) is 67.7 Å². The molecule has 2 N–H and O–H groups in total. The molecule has 3 aromatic heterocycles. The molecule has 0 bridgehead atoms. The molecule has 1 aliphatic heterocycles. The largest absolute Gasteiger partial charge is 0.354 e. The predicted molar refractivity (Wildman–Crippen MR) is 143 cm³/mol. The standard InChI is InChI=1S/C27H32N8O/c1-19-6-5-14-34(19)25-8-4-7-24(32-25)31-23-16-22(17-35-26(23)29-18-30-35)20-9-11-21(12-10-20)27(36)28-13-15-33(2)3/h4,7-12,16-19H,5-6,13-15H2,1-3H3,(H,28,36)(H,31,32). The number of pyridine rings is 2. The summed E-state index contributed by atoms with van der Waals surface area (Å²) in [6.45, 7) is 4.69. The van der Waals surface area contributed by atoms with Crippen LogP contribution in [-0.2, 0) is 0 Å². The molecule has 9 nitrogen and oxygen atoms in total. The Morgan fingerprint density at radius 2 is 1.97 bits per heavy atom. The summed E-state index contributed by atoms with van der Waals surface area (Å²) < 4.78 is 1.76. The molecule has 9 heteroatoms. The SMILES string of the molecule is CC1CCCN1c1cccc(Nc2cc(-c3ccc(C(=O)NCCN(C)C)cc3)cn3ncnc23)n1. The summed E-state index contributed by atoms with van der Waals surface area (Å²) >= 11 is 0. The van der Waals surface area contributed by atoms with Gasteiger partial charge in [-0.25, -0.2) is 14.5 Å². The molecule has 1 fully saturated rings. The molecule has 0 spiro atoms. The Labute approximate surface area is 211 Å². The minimum absolute atomic E-state index is 0.0734. The van der Waals surface area contributed by atoms with Crippen LogP contribution in [0.1, 0.15) is 30.1 Å². The van der Waals surface area contributed by atoms with Gasteiger partial charge >= 0.3 is 0 Å². The van der Waals surface area contributed by atoms with E-state index in [0.29, 0.717) is 18.2 Å². The van der Waals surface area contributed by atoms with Crippen molar-refractivity contribution >= 4 is 28.9 Å². The van der Waals surface area contributed by atoms with E-state index in [1.54, 1.807) is 10.8 Å². The second kappa shape index (κ2) is 10.3. The van der Waals surface area contributed by atoms with Crippen LogP contribution < -0.4 is 15.5 Å². The normalized spacial score (nSPS) is 15.6. The summed E-state index contributed by atoms with van der Waals surface area (Å²) in [7, 11) is 3.97. The number of amides is 1. The number of fused-ring (bicyclic) bond motifs is 1. The Morgan fingerprint density at radius 3 is 2.72 bits per heavy atom. The molecule has 0 aliphatic carbocycles. The molecule has 1 aromatic carbocycles. The molecule has 4 heterocycles. The highest BCUT2D eigenvalue weighted by Crippen LogP contribution is 2.29. The maximum Gasteiger partial charge on any atom is 0.251 e. The fourth-order valence-corrected chi connectivity index (χ4v) is 4.55. The lowest BCUT2D eigenvalue weighted by Gasteiger charge is -2.23. The maximum atomic E-state index is 12.4. The zero-order valence-corrected chi connectivity index (χ0v) is 21.0.